The number of aliphatic imine (C=N–C) groups is 1. The SMILES string of the molecule is CC(C)(C)N=C1NC(=O)[C@@H](CC(=O)Nc2ccc(Cl)c(Cl)c2)S1. The molecule has 0 aromatic heterocycles. The fourth-order valence-electron chi connectivity index (χ4n) is 1.85. The first-order chi connectivity index (χ1) is 10.6. The van der Waals surface area contributed by atoms with Crippen LogP contribution in [0.1, 0.15) is 27.2 Å². The van der Waals surface area contributed by atoms with E-state index < -0.39 is 5.25 Å². The van der Waals surface area contributed by atoms with Gasteiger partial charge >= 0.3 is 0 Å². The number of nitrogens with one attached hydrogen (secondary N) is 2. The van der Waals surface area contributed by atoms with Crippen LogP contribution in [0.3, 0.4) is 0 Å². The Morgan fingerprint density at radius 2 is 2.04 bits per heavy atom. The number of hydrogen-bond acceptors (Lipinski definition) is 4. The van der Waals surface area contributed by atoms with E-state index in [0.717, 1.165) is 0 Å². The molecule has 124 valence electrons. The second-order valence-electron chi connectivity index (χ2n) is 6.06. The molecule has 1 aliphatic heterocycles. The number of thioether (sulfide) groups is 1. The van der Waals surface area contributed by atoms with Crippen molar-refractivity contribution in [3.05, 3.63) is 28.2 Å². The normalized spacial score (nSPS) is 19.8. The fraction of sp³-hybridized carbons (Fsp3) is 0.400. The van der Waals surface area contributed by atoms with Gasteiger partial charge < -0.3 is 10.6 Å². The molecule has 1 aromatic carbocycles. The van der Waals surface area contributed by atoms with Crippen molar-refractivity contribution >= 4 is 57.6 Å². The number of halogens is 2. The molecule has 0 radical (unpaired) electrons. The van der Waals surface area contributed by atoms with Gasteiger partial charge in [-0.25, -0.2) is 0 Å². The van der Waals surface area contributed by atoms with E-state index in [1.54, 1.807) is 18.2 Å². The number of anilines is 1. The zero-order valence-electron chi connectivity index (χ0n) is 12.9. The molecule has 2 rings (SSSR count). The van der Waals surface area contributed by atoms with E-state index in [1.807, 2.05) is 20.8 Å². The lowest BCUT2D eigenvalue weighted by molar-refractivity contribution is -0.122. The van der Waals surface area contributed by atoms with Crippen LogP contribution < -0.4 is 10.6 Å². The molecule has 0 unspecified atom stereocenters. The summed E-state index contributed by atoms with van der Waals surface area (Å²) in [5.74, 6) is -0.477. The molecule has 2 N–H and O–H groups in total. The summed E-state index contributed by atoms with van der Waals surface area (Å²) in [5, 5.41) is 6.24. The predicted octanol–water partition coefficient (Wildman–Crippen LogP) is 3.71. The van der Waals surface area contributed by atoms with Crippen molar-refractivity contribution in [2.45, 2.75) is 38.0 Å². The van der Waals surface area contributed by atoms with Crippen molar-refractivity contribution in [1.29, 1.82) is 0 Å². The van der Waals surface area contributed by atoms with Crippen LogP contribution in [0.2, 0.25) is 10.0 Å². The number of amidine groups is 1. The van der Waals surface area contributed by atoms with Gasteiger partial charge in [-0.2, -0.15) is 0 Å². The van der Waals surface area contributed by atoms with E-state index >= 15 is 0 Å². The van der Waals surface area contributed by atoms with Crippen LogP contribution in [0.25, 0.3) is 0 Å². The van der Waals surface area contributed by atoms with E-state index in [2.05, 4.69) is 15.6 Å². The number of benzene rings is 1. The van der Waals surface area contributed by atoms with Crippen molar-refractivity contribution in [3.8, 4) is 0 Å². The lowest BCUT2D eigenvalue weighted by Gasteiger charge is -2.12. The van der Waals surface area contributed by atoms with Gasteiger partial charge in [0.15, 0.2) is 5.17 Å². The van der Waals surface area contributed by atoms with Crippen LogP contribution in [0.5, 0.6) is 0 Å². The summed E-state index contributed by atoms with van der Waals surface area (Å²) in [6, 6.07) is 4.82. The first-order valence-electron chi connectivity index (χ1n) is 6.96. The van der Waals surface area contributed by atoms with E-state index in [1.165, 1.54) is 11.8 Å². The van der Waals surface area contributed by atoms with Gasteiger partial charge in [-0.15, -0.1) is 0 Å². The quantitative estimate of drug-likeness (QED) is 0.848. The van der Waals surface area contributed by atoms with Gasteiger partial charge in [-0.05, 0) is 39.0 Å². The average molecular weight is 374 g/mol. The molecule has 0 spiro atoms. The Labute approximate surface area is 149 Å². The molecule has 8 heteroatoms. The van der Waals surface area contributed by atoms with Gasteiger partial charge in [0, 0.05) is 12.1 Å². The molecule has 1 saturated heterocycles. The van der Waals surface area contributed by atoms with Gasteiger partial charge in [-0.1, -0.05) is 35.0 Å². The Bertz CT molecular complexity index is 671. The summed E-state index contributed by atoms with van der Waals surface area (Å²) < 4.78 is 0. The maximum absolute atomic E-state index is 12.1. The van der Waals surface area contributed by atoms with Gasteiger partial charge in [0.1, 0.15) is 5.25 Å². The molecule has 1 aromatic rings. The van der Waals surface area contributed by atoms with Crippen LogP contribution >= 0.6 is 35.0 Å². The first kappa shape index (κ1) is 18.1. The van der Waals surface area contributed by atoms with Crippen molar-refractivity contribution < 1.29 is 9.59 Å². The molecule has 0 aliphatic carbocycles. The summed E-state index contributed by atoms with van der Waals surface area (Å²) in [7, 11) is 0. The Morgan fingerprint density at radius 1 is 1.35 bits per heavy atom. The molecule has 5 nitrogen and oxygen atoms in total. The number of carbonyl (C=O) groups is 2. The zero-order chi connectivity index (χ0) is 17.2. The van der Waals surface area contributed by atoms with Crippen molar-refractivity contribution in [3.63, 3.8) is 0 Å². The minimum atomic E-state index is -0.487. The van der Waals surface area contributed by atoms with Gasteiger partial charge in [0.2, 0.25) is 11.8 Å². The zero-order valence-corrected chi connectivity index (χ0v) is 15.3. The highest BCUT2D eigenvalue weighted by Gasteiger charge is 2.32. The third-order valence-electron chi connectivity index (χ3n) is 2.79. The number of rotatable bonds is 3. The average Bonchev–Trinajstić information content (AvgIpc) is 2.71. The molecule has 1 heterocycles. The van der Waals surface area contributed by atoms with Gasteiger partial charge in [0.05, 0.1) is 15.6 Å². The number of amides is 2. The third kappa shape index (κ3) is 5.41. The van der Waals surface area contributed by atoms with E-state index in [9.17, 15) is 9.59 Å². The second kappa shape index (κ2) is 7.11. The molecule has 1 atom stereocenters. The van der Waals surface area contributed by atoms with Crippen molar-refractivity contribution in [2.75, 3.05) is 5.32 Å². The summed E-state index contributed by atoms with van der Waals surface area (Å²) >= 11 is 13.0. The maximum Gasteiger partial charge on any atom is 0.240 e. The molecular formula is C15H17Cl2N3O2S. The smallest absolute Gasteiger partial charge is 0.240 e. The Hall–Kier alpha value is -1.24. The monoisotopic (exact) mass is 373 g/mol. The third-order valence-corrected chi connectivity index (χ3v) is 4.61. The minimum absolute atomic E-state index is 0.0555. The number of hydrogen-bond donors (Lipinski definition) is 2. The predicted molar refractivity (Wildman–Crippen MR) is 96.4 cm³/mol. The largest absolute Gasteiger partial charge is 0.326 e. The van der Waals surface area contributed by atoms with E-state index in [4.69, 9.17) is 23.2 Å². The highest BCUT2D eigenvalue weighted by Crippen LogP contribution is 2.27. The maximum atomic E-state index is 12.1. The molecule has 1 aliphatic rings. The Balaban J connectivity index is 1.96. The summed E-state index contributed by atoms with van der Waals surface area (Å²) in [6.45, 7) is 5.82. The van der Waals surface area contributed by atoms with Crippen LogP contribution in [0.15, 0.2) is 23.2 Å². The fourth-order valence-corrected chi connectivity index (χ4v) is 3.31. The number of nitrogens with zero attached hydrogens (tertiary/aromatic N) is 1. The highest BCUT2D eigenvalue weighted by molar-refractivity contribution is 8.15. The summed E-state index contributed by atoms with van der Waals surface area (Å²) in [5.41, 5.74) is 0.253. The van der Waals surface area contributed by atoms with Gasteiger partial charge in [0.25, 0.3) is 0 Å². The standard InChI is InChI=1S/C15H17Cl2N3O2S/c1-15(2,3)20-14-19-13(22)11(23-14)7-12(21)18-8-4-5-9(16)10(17)6-8/h4-6,11H,7H2,1-3H3,(H,18,21)(H,19,20,22)/t11-/m1/s1. The van der Waals surface area contributed by atoms with Gasteiger partial charge in [-0.3, -0.25) is 14.6 Å². The van der Waals surface area contributed by atoms with Crippen LogP contribution in [-0.2, 0) is 9.59 Å². The summed E-state index contributed by atoms with van der Waals surface area (Å²) in [4.78, 5) is 28.4. The highest BCUT2D eigenvalue weighted by atomic mass is 35.5. The molecule has 23 heavy (non-hydrogen) atoms. The minimum Gasteiger partial charge on any atom is -0.326 e. The molecular weight excluding hydrogens is 357 g/mol. The topological polar surface area (TPSA) is 70.6 Å². The molecule has 2 amide bonds. The van der Waals surface area contributed by atoms with Crippen molar-refractivity contribution in [2.24, 2.45) is 4.99 Å². The van der Waals surface area contributed by atoms with Crippen LogP contribution in [0, 0.1) is 0 Å². The Kier molecular flexibility index (Phi) is 5.60. The molecule has 0 bridgehead atoms. The second-order valence-corrected chi connectivity index (χ2v) is 8.07. The Morgan fingerprint density at radius 3 is 2.65 bits per heavy atom. The lowest BCUT2D eigenvalue weighted by atomic mass is 10.1. The molecule has 0 saturated carbocycles. The first-order valence-corrected chi connectivity index (χ1v) is 8.60. The van der Waals surface area contributed by atoms with Crippen molar-refractivity contribution in [1.82, 2.24) is 5.32 Å². The summed E-state index contributed by atoms with van der Waals surface area (Å²) in [6.07, 6.45) is 0.0555. The van der Waals surface area contributed by atoms with Crippen LogP contribution in [-0.4, -0.2) is 27.8 Å². The van der Waals surface area contributed by atoms with E-state index in [0.29, 0.717) is 20.9 Å². The van der Waals surface area contributed by atoms with E-state index in [-0.39, 0.29) is 23.8 Å². The lowest BCUT2D eigenvalue weighted by Crippen LogP contribution is -2.28. The number of carbonyl (C=O) groups excluding carboxylic acids is 2. The van der Waals surface area contributed by atoms with Crippen LogP contribution in [0.4, 0.5) is 5.69 Å². The molecule has 1 fully saturated rings.